The van der Waals surface area contributed by atoms with Gasteiger partial charge in [0.2, 0.25) is 0 Å². The van der Waals surface area contributed by atoms with Crippen molar-refractivity contribution < 1.29 is 14.9 Å². The summed E-state index contributed by atoms with van der Waals surface area (Å²) in [5.74, 6) is 0.840. The summed E-state index contributed by atoms with van der Waals surface area (Å²) >= 11 is 0. The third-order valence-corrected chi connectivity index (χ3v) is 2.52. The van der Waals surface area contributed by atoms with Gasteiger partial charge in [-0.1, -0.05) is 12.1 Å². The molecule has 2 N–H and O–H groups in total. The van der Waals surface area contributed by atoms with Gasteiger partial charge in [-0.2, -0.15) is 0 Å². The third-order valence-electron chi connectivity index (χ3n) is 2.52. The molecule has 0 aliphatic rings. The number of rotatable bonds is 6. The first kappa shape index (κ1) is 12.0. The average molecular weight is 210 g/mol. The summed E-state index contributed by atoms with van der Waals surface area (Å²) in [6.45, 7) is 0.0965. The van der Waals surface area contributed by atoms with E-state index in [4.69, 9.17) is 14.9 Å². The first-order valence-electron chi connectivity index (χ1n) is 5.14. The van der Waals surface area contributed by atoms with Crippen molar-refractivity contribution in [3.63, 3.8) is 0 Å². The number of hydrogen-bond donors (Lipinski definition) is 2. The van der Waals surface area contributed by atoms with Gasteiger partial charge in [0, 0.05) is 19.1 Å². The fourth-order valence-electron chi connectivity index (χ4n) is 1.40. The molecule has 3 nitrogen and oxygen atoms in total. The van der Waals surface area contributed by atoms with Crippen LogP contribution in [-0.2, 0) is 6.42 Å². The molecular formula is C12H18O3. The summed E-state index contributed by atoms with van der Waals surface area (Å²) in [4.78, 5) is 0. The van der Waals surface area contributed by atoms with Crippen LogP contribution in [0.25, 0.3) is 0 Å². The molecule has 0 saturated carbocycles. The Hall–Kier alpha value is -1.06. The molecule has 0 radical (unpaired) electrons. The number of ether oxygens (including phenoxy) is 1. The molecule has 0 unspecified atom stereocenters. The van der Waals surface area contributed by atoms with Gasteiger partial charge >= 0.3 is 0 Å². The SMILES string of the molecule is COc1ccc(CCC(CO)CO)cc1. The van der Waals surface area contributed by atoms with Crippen molar-refractivity contribution in [1.29, 1.82) is 0 Å². The highest BCUT2D eigenvalue weighted by Gasteiger charge is 2.05. The molecule has 1 aromatic rings. The van der Waals surface area contributed by atoms with Gasteiger partial charge in [0.25, 0.3) is 0 Å². The molecule has 0 bridgehead atoms. The maximum atomic E-state index is 8.91. The fraction of sp³-hybridized carbons (Fsp3) is 0.500. The van der Waals surface area contributed by atoms with Crippen LogP contribution in [0.15, 0.2) is 24.3 Å². The molecule has 0 saturated heterocycles. The predicted molar refractivity (Wildman–Crippen MR) is 59.0 cm³/mol. The van der Waals surface area contributed by atoms with Gasteiger partial charge in [-0.05, 0) is 30.5 Å². The van der Waals surface area contributed by atoms with E-state index in [1.165, 1.54) is 5.56 Å². The zero-order chi connectivity index (χ0) is 11.1. The van der Waals surface area contributed by atoms with Crippen molar-refractivity contribution in [2.24, 2.45) is 5.92 Å². The van der Waals surface area contributed by atoms with Crippen molar-refractivity contribution in [3.8, 4) is 5.75 Å². The summed E-state index contributed by atoms with van der Waals surface area (Å²) in [5.41, 5.74) is 1.20. The lowest BCUT2D eigenvalue weighted by Crippen LogP contribution is -2.11. The lowest BCUT2D eigenvalue weighted by Gasteiger charge is -2.10. The van der Waals surface area contributed by atoms with Crippen molar-refractivity contribution in [1.82, 2.24) is 0 Å². The summed E-state index contributed by atoms with van der Waals surface area (Å²) in [6, 6.07) is 7.85. The van der Waals surface area contributed by atoms with Gasteiger partial charge in [0.15, 0.2) is 0 Å². The lowest BCUT2D eigenvalue weighted by molar-refractivity contribution is 0.144. The standard InChI is InChI=1S/C12H18O3/c1-15-12-6-4-10(5-7-12)2-3-11(8-13)9-14/h4-7,11,13-14H,2-3,8-9H2,1H3. The normalized spacial score (nSPS) is 10.7. The minimum Gasteiger partial charge on any atom is -0.497 e. The van der Waals surface area contributed by atoms with Crippen LogP contribution in [0.1, 0.15) is 12.0 Å². The first-order valence-corrected chi connectivity index (χ1v) is 5.14. The predicted octanol–water partition coefficient (Wildman–Crippen LogP) is 1.23. The van der Waals surface area contributed by atoms with Crippen LogP contribution >= 0.6 is 0 Å². The quantitative estimate of drug-likeness (QED) is 0.742. The zero-order valence-electron chi connectivity index (χ0n) is 9.02. The van der Waals surface area contributed by atoms with Crippen molar-refractivity contribution >= 4 is 0 Å². The van der Waals surface area contributed by atoms with E-state index in [0.717, 1.165) is 18.6 Å². The highest BCUT2D eigenvalue weighted by molar-refractivity contribution is 5.27. The second-order valence-electron chi connectivity index (χ2n) is 3.62. The second-order valence-corrected chi connectivity index (χ2v) is 3.62. The largest absolute Gasteiger partial charge is 0.497 e. The Morgan fingerprint density at radius 1 is 1.13 bits per heavy atom. The summed E-state index contributed by atoms with van der Waals surface area (Å²) in [5, 5.41) is 17.8. The minimum atomic E-state index is -0.00731. The van der Waals surface area contributed by atoms with Crippen LogP contribution in [0.4, 0.5) is 0 Å². The molecule has 1 aromatic carbocycles. The van der Waals surface area contributed by atoms with Crippen LogP contribution in [0.5, 0.6) is 5.75 Å². The Bertz CT molecular complexity index is 265. The van der Waals surface area contributed by atoms with Crippen LogP contribution in [0.2, 0.25) is 0 Å². The Morgan fingerprint density at radius 2 is 1.73 bits per heavy atom. The zero-order valence-corrected chi connectivity index (χ0v) is 9.02. The fourth-order valence-corrected chi connectivity index (χ4v) is 1.40. The molecule has 0 fully saturated rings. The third kappa shape index (κ3) is 3.90. The number of aliphatic hydroxyl groups excluding tert-OH is 2. The van der Waals surface area contributed by atoms with Crippen LogP contribution in [0.3, 0.4) is 0 Å². The van der Waals surface area contributed by atoms with E-state index in [1.54, 1.807) is 7.11 Å². The monoisotopic (exact) mass is 210 g/mol. The average Bonchev–Trinajstić information content (AvgIpc) is 2.31. The number of benzene rings is 1. The van der Waals surface area contributed by atoms with Crippen LogP contribution in [0, 0.1) is 5.92 Å². The van der Waals surface area contributed by atoms with Crippen molar-refractivity contribution in [3.05, 3.63) is 29.8 Å². The maximum absolute atomic E-state index is 8.91. The number of hydrogen-bond acceptors (Lipinski definition) is 3. The summed E-state index contributed by atoms with van der Waals surface area (Å²) in [7, 11) is 1.64. The van der Waals surface area contributed by atoms with E-state index < -0.39 is 0 Å². The molecule has 3 heteroatoms. The molecule has 0 aromatic heterocycles. The molecule has 15 heavy (non-hydrogen) atoms. The topological polar surface area (TPSA) is 49.7 Å². The number of methoxy groups -OCH3 is 1. The minimum absolute atomic E-state index is 0.00731. The van der Waals surface area contributed by atoms with Crippen molar-refractivity contribution in [2.45, 2.75) is 12.8 Å². The molecule has 0 amide bonds. The number of aliphatic hydroxyl groups is 2. The lowest BCUT2D eigenvalue weighted by atomic mass is 10.0. The molecule has 0 aliphatic carbocycles. The summed E-state index contributed by atoms with van der Waals surface area (Å²) < 4.78 is 5.06. The Balaban J connectivity index is 2.43. The van der Waals surface area contributed by atoms with Gasteiger partial charge in [-0.3, -0.25) is 0 Å². The molecule has 0 spiro atoms. The van der Waals surface area contributed by atoms with Gasteiger partial charge < -0.3 is 14.9 Å². The van der Waals surface area contributed by atoms with Gasteiger partial charge in [0.05, 0.1) is 7.11 Å². The van der Waals surface area contributed by atoms with E-state index in [0.29, 0.717) is 0 Å². The smallest absolute Gasteiger partial charge is 0.118 e. The second kappa shape index (κ2) is 6.43. The van der Waals surface area contributed by atoms with Crippen molar-refractivity contribution in [2.75, 3.05) is 20.3 Å². The molecule has 0 atom stereocenters. The first-order chi connectivity index (χ1) is 7.30. The van der Waals surface area contributed by atoms with Gasteiger partial charge in [-0.15, -0.1) is 0 Å². The van der Waals surface area contributed by atoms with E-state index in [-0.39, 0.29) is 19.1 Å². The molecule has 1 rings (SSSR count). The molecule has 0 aliphatic heterocycles. The highest BCUT2D eigenvalue weighted by Crippen LogP contribution is 2.14. The van der Waals surface area contributed by atoms with Gasteiger partial charge in [0.1, 0.15) is 5.75 Å². The Kier molecular flexibility index (Phi) is 5.15. The van der Waals surface area contributed by atoms with E-state index in [9.17, 15) is 0 Å². The van der Waals surface area contributed by atoms with Crippen LogP contribution < -0.4 is 4.74 Å². The van der Waals surface area contributed by atoms with E-state index in [2.05, 4.69) is 0 Å². The number of aryl methyl sites for hydroxylation is 1. The van der Waals surface area contributed by atoms with E-state index in [1.807, 2.05) is 24.3 Å². The van der Waals surface area contributed by atoms with E-state index >= 15 is 0 Å². The highest BCUT2D eigenvalue weighted by atomic mass is 16.5. The molecular weight excluding hydrogens is 192 g/mol. The van der Waals surface area contributed by atoms with Crippen LogP contribution in [-0.4, -0.2) is 30.5 Å². The Labute approximate surface area is 90.3 Å². The molecule has 84 valence electrons. The molecule has 0 heterocycles. The maximum Gasteiger partial charge on any atom is 0.118 e. The van der Waals surface area contributed by atoms with Gasteiger partial charge in [-0.25, -0.2) is 0 Å². The summed E-state index contributed by atoms with van der Waals surface area (Å²) in [6.07, 6.45) is 1.68. The Morgan fingerprint density at radius 3 is 2.20 bits per heavy atom.